The normalized spacial score (nSPS) is 20.7. The summed E-state index contributed by atoms with van der Waals surface area (Å²) < 4.78 is 6.43. The fourth-order valence-electron chi connectivity index (χ4n) is 2.99. The van der Waals surface area contributed by atoms with Gasteiger partial charge >= 0.3 is 0 Å². The van der Waals surface area contributed by atoms with Crippen molar-refractivity contribution in [2.75, 3.05) is 23.3 Å². The summed E-state index contributed by atoms with van der Waals surface area (Å²) in [5, 5.41) is 14.0. The van der Waals surface area contributed by atoms with E-state index in [1.54, 1.807) is 0 Å². The number of hydrogen-bond donors (Lipinski definition) is 1. The van der Waals surface area contributed by atoms with Gasteiger partial charge in [-0.2, -0.15) is 4.73 Å². The molecule has 3 rings (SSSR count). The molecule has 1 aliphatic rings. The highest BCUT2D eigenvalue weighted by Gasteiger charge is 2.24. The topological polar surface area (TPSA) is 68.5 Å². The Labute approximate surface area is 141 Å². The van der Waals surface area contributed by atoms with Crippen molar-refractivity contribution in [1.82, 2.24) is 0 Å². The number of pyridine rings is 1. The lowest BCUT2D eigenvalue weighted by Crippen LogP contribution is -2.45. The van der Waals surface area contributed by atoms with Crippen LogP contribution in [-0.4, -0.2) is 31.2 Å². The number of anilines is 2. The third-order valence-corrected chi connectivity index (χ3v) is 3.98. The van der Waals surface area contributed by atoms with Gasteiger partial charge in [0.2, 0.25) is 0 Å². The number of nitrogens with one attached hydrogen (secondary N) is 1. The Morgan fingerprint density at radius 1 is 1.17 bits per heavy atom. The molecule has 1 fully saturated rings. The van der Waals surface area contributed by atoms with Gasteiger partial charge < -0.3 is 20.2 Å². The lowest BCUT2D eigenvalue weighted by atomic mass is 10.1. The Hall–Kier alpha value is -2.60. The quantitative estimate of drug-likeness (QED) is 0.693. The number of hydrogen-bond acceptors (Lipinski definition) is 4. The van der Waals surface area contributed by atoms with Crippen LogP contribution in [-0.2, 0) is 4.74 Å². The van der Waals surface area contributed by atoms with E-state index in [1.807, 2.05) is 38.1 Å². The highest BCUT2D eigenvalue weighted by molar-refractivity contribution is 6.05. The van der Waals surface area contributed by atoms with Gasteiger partial charge in [-0.25, -0.2) is 0 Å². The first kappa shape index (κ1) is 16.3. The van der Waals surface area contributed by atoms with Crippen LogP contribution >= 0.6 is 0 Å². The molecule has 1 aliphatic heterocycles. The molecule has 2 atom stereocenters. The smallest absolute Gasteiger partial charge is 0.256 e. The molecule has 6 nitrogen and oxygen atoms in total. The van der Waals surface area contributed by atoms with Crippen LogP contribution in [0.2, 0.25) is 0 Å². The largest absolute Gasteiger partial charge is 0.619 e. The van der Waals surface area contributed by atoms with Gasteiger partial charge in [0.05, 0.1) is 29.1 Å². The first-order valence-electron chi connectivity index (χ1n) is 8.02. The minimum absolute atomic E-state index is 0.138. The third-order valence-electron chi connectivity index (χ3n) is 3.98. The molecule has 1 aromatic heterocycles. The van der Waals surface area contributed by atoms with Crippen LogP contribution in [0.25, 0.3) is 0 Å². The van der Waals surface area contributed by atoms with Gasteiger partial charge in [-0.3, -0.25) is 4.79 Å². The second kappa shape index (κ2) is 6.88. The molecule has 2 heterocycles. The minimum atomic E-state index is -0.239. The summed E-state index contributed by atoms with van der Waals surface area (Å²) in [6.07, 6.45) is 2.90. The van der Waals surface area contributed by atoms with Crippen molar-refractivity contribution in [2.24, 2.45) is 0 Å². The molecule has 1 saturated heterocycles. The first-order chi connectivity index (χ1) is 11.5. The average Bonchev–Trinajstić information content (AvgIpc) is 2.55. The average molecular weight is 327 g/mol. The molecular formula is C18H21N3O3. The fraction of sp³-hybridized carbons (Fsp3) is 0.333. The SMILES string of the molecule is C[C@@H]1CN(c2ccccc2NC(=O)c2cc[n+]([O-])cc2)C[C@H](C)O1. The summed E-state index contributed by atoms with van der Waals surface area (Å²) in [7, 11) is 0. The van der Waals surface area contributed by atoms with Crippen LogP contribution in [0, 0.1) is 5.21 Å². The third kappa shape index (κ3) is 3.65. The van der Waals surface area contributed by atoms with Gasteiger partial charge in [0, 0.05) is 25.2 Å². The lowest BCUT2D eigenvalue weighted by Gasteiger charge is -2.37. The van der Waals surface area contributed by atoms with Gasteiger partial charge in [-0.05, 0) is 26.0 Å². The summed E-state index contributed by atoms with van der Waals surface area (Å²) in [4.78, 5) is 14.7. The molecule has 6 heteroatoms. The molecule has 0 saturated carbocycles. The Bertz CT molecular complexity index is 708. The Balaban J connectivity index is 1.81. The number of nitrogens with zero attached hydrogens (tertiary/aromatic N) is 2. The van der Waals surface area contributed by atoms with Gasteiger partial charge in [0.15, 0.2) is 12.4 Å². The van der Waals surface area contributed by atoms with E-state index in [0.717, 1.165) is 24.5 Å². The number of aromatic nitrogens is 1. The molecule has 0 radical (unpaired) electrons. The standard InChI is InChI=1S/C18H21N3O3/c1-13-11-20(12-14(2)24-13)17-6-4-3-5-16(17)19-18(22)15-7-9-21(23)10-8-15/h3-10,13-14H,11-12H2,1-2H3,(H,19,22)/t13-,14+. The number of para-hydroxylation sites is 2. The summed E-state index contributed by atoms with van der Waals surface area (Å²) in [5.41, 5.74) is 2.17. The zero-order valence-corrected chi connectivity index (χ0v) is 13.8. The van der Waals surface area contributed by atoms with Crippen molar-refractivity contribution in [3.8, 4) is 0 Å². The predicted octanol–water partition coefficient (Wildman–Crippen LogP) is 2.19. The molecule has 1 N–H and O–H groups in total. The number of morpholine rings is 1. The Morgan fingerprint density at radius 3 is 2.46 bits per heavy atom. The van der Waals surface area contributed by atoms with Crippen LogP contribution in [0.1, 0.15) is 24.2 Å². The minimum Gasteiger partial charge on any atom is -0.619 e. The number of benzene rings is 1. The number of ether oxygens (including phenoxy) is 1. The van der Waals surface area contributed by atoms with E-state index >= 15 is 0 Å². The summed E-state index contributed by atoms with van der Waals surface area (Å²) >= 11 is 0. The molecule has 0 spiro atoms. The maximum Gasteiger partial charge on any atom is 0.256 e. The predicted molar refractivity (Wildman–Crippen MR) is 92.0 cm³/mol. The fourth-order valence-corrected chi connectivity index (χ4v) is 2.99. The van der Waals surface area contributed by atoms with E-state index in [4.69, 9.17) is 4.74 Å². The zero-order valence-electron chi connectivity index (χ0n) is 13.8. The van der Waals surface area contributed by atoms with Gasteiger partial charge in [0.25, 0.3) is 5.91 Å². The molecule has 0 aliphatic carbocycles. The van der Waals surface area contributed by atoms with E-state index in [9.17, 15) is 10.0 Å². The first-order valence-corrected chi connectivity index (χ1v) is 8.02. The van der Waals surface area contributed by atoms with Crippen LogP contribution < -0.4 is 14.9 Å². The van der Waals surface area contributed by atoms with Crippen molar-refractivity contribution in [1.29, 1.82) is 0 Å². The number of carbonyl (C=O) groups excluding carboxylic acids is 1. The molecule has 0 unspecified atom stereocenters. The molecular weight excluding hydrogens is 306 g/mol. The molecule has 2 aromatic rings. The van der Waals surface area contributed by atoms with Crippen molar-refractivity contribution >= 4 is 17.3 Å². The Kier molecular flexibility index (Phi) is 4.66. The van der Waals surface area contributed by atoms with Crippen molar-refractivity contribution in [3.63, 3.8) is 0 Å². The van der Waals surface area contributed by atoms with Crippen LogP contribution in [0.5, 0.6) is 0 Å². The monoisotopic (exact) mass is 327 g/mol. The molecule has 24 heavy (non-hydrogen) atoms. The number of amides is 1. The van der Waals surface area contributed by atoms with E-state index in [1.165, 1.54) is 24.5 Å². The van der Waals surface area contributed by atoms with E-state index in [-0.39, 0.29) is 18.1 Å². The number of rotatable bonds is 3. The maximum absolute atomic E-state index is 12.4. The van der Waals surface area contributed by atoms with E-state index < -0.39 is 0 Å². The number of carbonyl (C=O) groups is 1. The van der Waals surface area contributed by atoms with Crippen molar-refractivity contribution in [3.05, 3.63) is 59.6 Å². The zero-order chi connectivity index (χ0) is 17.1. The summed E-state index contributed by atoms with van der Waals surface area (Å²) in [6.45, 7) is 5.65. The van der Waals surface area contributed by atoms with Crippen molar-refractivity contribution in [2.45, 2.75) is 26.1 Å². The lowest BCUT2D eigenvalue weighted by molar-refractivity contribution is -0.605. The van der Waals surface area contributed by atoms with E-state index in [0.29, 0.717) is 10.3 Å². The van der Waals surface area contributed by atoms with Crippen LogP contribution in [0.3, 0.4) is 0 Å². The highest BCUT2D eigenvalue weighted by Crippen LogP contribution is 2.28. The maximum atomic E-state index is 12.4. The Morgan fingerprint density at radius 2 is 1.79 bits per heavy atom. The summed E-state index contributed by atoms with van der Waals surface area (Å²) in [5.74, 6) is -0.239. The summed E-state index contributed by atoms with van der Waals surface area (Å²) in [6, 6.07) is 10.7. The molecule has 1 aromatic carbocycles. The van der Waals surface area contributed by atoms with Crippen LogP contribution in [0.15, 0.2) is 48.8 Å². The van der Waals surface area contributed by atoms with Gasteiger partial charge in [-0.1, -0.05) is 12.1 Å². The van der Waals surface area contributed by atoms with Crippen molar-refractivity contribution < 1.29 is 14.3 Å². The molecule has 126 valence electrons. The second-order valence-electron chi connectivity index (χ2n) is 6.08. The van der Waals surface area contributed by atoms with E-state index in [2.05, 4.69) is 10.2 Å². The van der Waals surface area contributed by atoms with Gasteiger partial charge in [-0.15, -0.1) is 0 Å². The molecule has 1 amide bonds. The van der Waals surface area contributed by atoms with Gasteiger partial charge in [0.1, 0.15) is 0 Å². The highest BCUT2D eigenvalue weighted by atomic mass is 16.5. The second-order valence-corrected chi connectivity index (χ2v) is 6.08. The molecule has 0 bridgehead atoms. The van der Waals surface area contributed by atoms with Crippen LogP contribution in [0.4, 0.5) is 11.4 Å².